The molecule has 9 nitrogen and oxygen atoms in total. The number of carbonyl (C=O) groups excluding carboxylic acids is 1. The number of ether oxygens (including phenoxy) is 1. The molecule has 11 heteroatoms. The number of likely N-dealkylation sites (N-methyl/N-ethyl adjacent to an activating group) is 1. The van der Waals surface area contributed by atoms with Gasteiger partial charge in [0.05, 0.1) is 28.1 Å². The second-order valence-corrected chi connectivity index (χ2v) is 13.6. The molecule has 1 aliphatic carbocycles. The number of halogens is 2. The van der Waals surface area contributed by atoms with Crippen molar-refractivity contribution in [2.45, 2.75) is 77.1 Å². The van der Waals surface area contributed by atoms with Gasteiger partial charge in [0.1, 0.15) is 22.5 Å². The lowest BCUT2D eigenvalue weighted by Crippen LogP contribution is -2.57. The van der Waals surface area contributed by atoms with E-state index < -0.39 is 11.4 Å². The van der Waals surface area contributed by atoms with Crippen LogP contribution in [0.25, 0.3) is 21.9 Å². The van der Waals surface area contributed by atoms with Crippen LogP contribution in [0, 0.1) is 23.1 Å². The van der Waals surface area contributed by atoms with Gasteiger partial charge >= 0.3 is 6.09 Å². The van der Waals surface area contributed by atoms with Gasteiger partial charge in [0, 0.05) is 49.8 Å². The number of pyridine rings is 1. The first kappa shape index (κ1) is 28.2. The Balaban J connectivity index is 1.54. The van der Waals surface area contributed by atoms with Crippen molar-refractivity contribution in [2.75, 3.05) is 38.6 Å². The van der Waals surface area contributed by atoms with Gasteiger partial charge in [0.2, 0.25) is 0 Å². The molecule has 218 valence electrons. The van der Waals surface area contributed by atoms with E-state index in [0.29, 0.717) is 46.6 Å². The zero-order chi connectivity index (χ0) is 29.4. The van der Waals surface area contributed by atoms with Gasteiger partial charge in [-0.15, -0.1) is 0 Å². The highest BCUT2D eigenvalue weighted by Crippen LogP contribution is 2.52. The van der Waals surface area contributed by atoms with Gasteiger partial charge in [0.15, 0.2) is 11.6 Å². The van der Waals surface area contributed by atoms with Crippen molar-refractivity contribution in [2.24, 2.45) is 5.92 Å². The number of benzene rings is 1. The average Bonchev–Trinajstić information content (AvgIpc) is 3.56. The zero-order valence-electron chi connectivity index (χ0n) is 24.5. The van der Waals surface area contributed by atoms with Crippen LogP contribution in [-0.2, 0) is 17.6 Å². The minimum absolute atomic E-state index is 0.00954. The number of amides is 1. The van der Waals surface area contributed by atoms with Gasteiger partial charge in [-0.05, 0) is 75.3 Å². The third-order valence-electron chi connectivity index (χ3n) is 8.82. The minimum Gasteiger partial charge on any atom is -0.444 e. The lowest BCUT2D eigenvalue weighted by molar-refractivity contribution is 0.0209. The Hall–Kier alpha value is -2.97. The fourth-order valence-corrected chi connectivity index (χ4v) is 7.13. The van der Waals surface area contributed by atoms with Crippen LogP contribution < -0.4 is 4.90 Å². The first-order chi connectivity index (χ1) is 19.4. The summed E-state index contributed by atoms with van der Waals surface area (Å²) < 4.78 is 24.4. The molecule has 5 heterocycles. The number of imidazole rings is 1. The average molecular weight is 627 g/mol. The first-order valence-corrected chi connectivity index (χ1v) is 15.2. The van der Waals surface area contributed by atoms with Crippen molar-refractivity contribution in [3.63, 3.8) is 0 Å². The number of aryl methyl sites for hydroxylation is 2. The number of carbonyl (C=O) groups is 1. The predicted octanol–water partition coefficient (Wildman–Crippen LogP) is 5.44. The highest BCUT2D eigenvalue weighted by atomic mass is 79.9. The van der Waals surface area contributed by atoms with E-state index in [-0.39, 0.29) is 30.5 Å². The van der Waals surface area contributed by atoms with Crippen molar-refractivity contribution in [3.05, 3.63) is 27.7 Å². The Labute approximate surface area is 248 Å². The molecule has 7 rings (SSSR count). The van der Waals surface area contributed by atoms with E-state index in [0.717, 1.165) is 41.9 Å². The Morgan fingerprint density at radius 3 is 2.61 bits per heavy atom. The van der Waals surface area contributed by atoms with E-state index in [1.165, 1.54) is 0 Å². The SMILES string of the molecule is CCc1nc2c(N3CC(N(C)C)C3)nc3c(F)c(Br)c(CCC#N)cc3c2n1C1C2CC1N(C(=O)OC(C)(C)C)C2. The third kappa shape index (κ3) is 4.54. The fourth-order valence-electron chi connectivity index (χ4n) is 6.63. The van der Waals surface area contributed by atoms with Crippen LogP contribution in [0.3, 0.4) is 0 Å². The number of aromatic nitrogens is 3. The molecular weight excluding hydrogens is 589 g/mol. The second-order valence-electron chi connectivity index (χ2n) is 12.8. The first-order valence-electron chi connectivity index (χ1n) is 14.4. The summed E-state index contributed by atoms with van der Waals surface area (Å²) in [6.07, 6.45) is 2.03. The van der Waals surface area contributed by atoms with Crippen molar-refractivity contribution < 1.29 is 13.9 Å². The lowest BCUT2D eigenvalue weighted by atomic mass is 9.79. The van der Waals surface area contributed by atoms with Gasteiger partial charge < -0.3 is 24.0 Å². The molecule has 1 saturated carbocycles. The summed E-state index contributed by atoms with van der Waals surface area (Å²) in [6.45, 7) is 9.95. The van der Waals surface area contributed by atoms with Gasteiger partial charge in [0.25, 0.3) is 0 Å². The Morgan fingerprint density at radius 1 is 1.24 bits per heavy atom. The predicted molar refractivity (Wildman–Crippen MR) is 160 cm³/mol. The molecule has 0 spiro atoms. The molecule has 0 radical (unpaired) electrons. The van der Waals surface area contributed by atoms with Crippen LogP contribution in [0.5, 0.6) is 0 Å². The minimum atomic E-state index is -0.570. The molecule has 0 N–H and O–H groups in total. The molecule has 3 unspecified atom stereocenters. The Bertz CT molecular complexity index is 1580. The normalized spacial score (nSPS) is 22.4. The van der Waals surface area contributed by atoms with Crippen LogP contribution in [0.4, 0.5) is 15.0 Å². The number of hydrogen-bond donors (Lipinski definition) is 0. The van der Waals surface area contributed by atoms with Crippen LogP contribution >= 0.6 is 15.9 Å². The van der Waals surface area contributed by atoms with E-state index in [2.05, 4.69) is 57.4 Å². The molecule has 3 aliphatic heterocycles. The maximum absolute atomic E-state index is 16.1. The van der Waals surface area contributed by atoms with Crippen LogP contribution in [0.15, 0.2) is 10.5 Å². The molecule has 4 fully saturated rings. The van der Waals surface area contributed by atoms with Crippen LogP contribution in [-0.4, -0.2) is 81.8 Å². The van der Waals surface area contributed by atoms with Crippen molar-refractivity contribution in [1.29, 1.82) is 5.26 Å². The number of anilines is 1. The standard InChI is InChI=1S/C30H37BrFN7O2/c1-7-21-34-25-27(39(21)26-17-12-20(26)38(13-17)29(40)41-30(2,3)4)19-11-16(9-8-10-33)22(31)23(32)24(19)35-28(25)37-14-18(15-37)36(5)6/h11,17-18,20,26H,7-9,12-15H2,1-6H3. The van der Waals surface area contributed by atoms with Crippen molar-refractivity contribution in [1.82, 2.24) is 24.3 Å². The van der Waals surface area contributed by atoms with Gasteiger partial charge in [-0.2, -0.15) is 5.26 Å². The topological polar surface area (TPSA) is 90.5 Å². The molecule has 1 amide bonds. The van der Waals surface area contributed by atoms with Crippen LogP contribution in [0.2, 0.25) is 0 Å². The molecule has 3 saturated heterocycles. The number of nitriles is 1. The number of rotatable bonds is 6. The molecular formula is C30H37BrFN7O2. The zero-order valence-corrected chi connectivity index (χ0v) is 26.1. The highest BCUT2D eigenvalue weighted by molar-refractivity contribution is 9.10. The summed E-state index contributed by atoms with van der Waals surface area (Å²) in [5.41, 5.74) is 2.11. The van der Waals surface area contributed by atoms with Crippen molar-refractivity contribution >= 4 is 49.8 Å². The maximum atomic E-state index is 16.1. The molecule has 2 aromatic heterocycles. The molecule has 2 bridgehead atoms. The summed E-state index contributed by atoms with van der Waals surface area (Å²) in [7, 11) is 4.13. The molecule has 4 aliphatic rings. The third-order valence-corrected chi connectivity index (χ3v) is 9.68. The van der Waals surface area contributed by atoms with E-state index in [9.17, 15) is 10.1 Å². The lowest BCUT2D eigenvalue weighted by Gasteiger charge is -2.43. The van der Waals surface area contributed by atoms with E-state index in [1.807, 2.05) is 31.7 Å². The summed E-state index contributed by atoms with van der Waals surface area (Å²) in [5.74, 6) is 1.46. The van der Waals surface area contributed by atoms with Gasteiger partial charge in [-0.3, -0.25) is 0 Å². The molecule has 3 aromatic rings. The molecule has 3 atom stereocenters. The molecule has 41 heavy (non-hydrogen) atoms. The van der Waals surface area contributed by atoms with Crippen molar-refractivity contribution in [3.8, 4) is 6.07 Å². The summed E-state index contributed by atoms with van der Waals surface area (Å²) >= 11 is 3.46. The summed E-state index contributed by atoms with van der Waals surface area (Å²) in [6, 6.07) is 4.56. The van der Waals surface area contributed by atoms with Gasteiger partial charge in [-0.1, -0.05) is 6.92 Å². The van der Waals surface area contributed by atoms with Gasteiger partial charge in [-0.25, -0.2) is 19.2 Å². The number of nitrogens with zero attached hydrogens (tertiary/aromatic N) is 7. The maximum Gasteiger partial charge on any atom is 0.410 e. The Morgan fingerprint density at radius 2 is 1.98 bits per heavy atom. The Kier molecular flexibility index (Phi) is 6.93. The van der Waals surface area contributed by atoms with E-state index in [1.54, 1.807) is 0 Å². The molecule has 1 aromatic carbocycles. The summed E-state index contributed by atoms with van der Waals surface area (Å²) in [4.78, 5) is 29.4. The number of hydrogen-bond acceptors (Lipinski definition) is 7. The highest BCUT2D eigenvalue weighted by Gasteiger charge is 2.56. The second kappa shape index (κ2) is 10.1. The van der Waals surface area contributed by atoms with E-state index >= 15 is 4.39 Å². The van der Waals surface area contributed by atoms with Crippen LogP contribution in [0.1, 0.15) is 58.0 Å². The number of fused-ring (bicyclic) bond motifs is 4. The fraction of sp³-hybridized carbons (Fsp3) is 0.600. The monoisotopic (exact) mass is 625 g/mol. The smallest absolute Gasteiger partial charge is 0.410 e. The van der Waals surface area contributed by atoms with E-state index in [4.69, 9.17) is 14.7 Å². The largest absolute Gasteiger partial charge is 0.444 e. The summed E-state index contributed by atoms with van der Waals surface area (Å²) in [5, 5.41) is 9.92. The quantitative estimate of drug-likeness (QED) is 0.360.